The van der Waals surface area contributed by atoms with Crippen molar-refractivity contribution in [1.29, 1.82) is 0 Å². The predicted octanol–water partition coefficient (Wildman–Crippen LogP) is 1.20. The standard InChI is InChI=1S/C20H20N.BrH/c1-4-10-18(11-5-1)14-15-20(19-12-6-2-7-13-19)21-16-8-3-9-17-21;/h1-13,16-17,20H,14-15H2;1H/q+1;/p-1. The van der Waals surface area contributed by atoms with Crippen LogP contribution >= 0.6 is 0 Å². The lowest BCUT2D eigenvalue weighted by Gasteiger charge is -2.13. The van der Waals surface area contributed by atoms with Gasteiger partial charge in [-0.05, 0) is 12.0 Å². The molecule has 0 aliphatic rings. The zero-order chi connectivity index (χ0) is 14.3. The first-order valence-corrected chi connectivity index (χ1v) is 7.48. The molecule has 1 aromatic heterocycles. The highest BCUT2D eigenvalue weighted by Gasteiger charge is 2.19. The van der Waals surface area contributed by atoms with Crippen LogP contribution < -0.4 is 21.5 Å². The number of aromatic nitrogens is 1. The van der Waals surface area contributed by atoms with E-state index in [4.69, 9.17) is 0 Å². The molecule has 0 radical (unpaired) electrons. The van der Waals surface area contributed by atoms with E-state index in [1.165, 1.54) is 11.1 Å². The van der Waals surface area contributed by atoms with Gasteiger partial charge in [-0.3, -0.25) is 0 Å². The lowest BCUT2D eigenvalue weighted by molar-refractivity contribution is -0.714. The number of hydrogen-bond donors (Lipinski definition) is 0. The first-order chi connectivity index (χ1) is 10.4. The number of halogens is 1. The predicted molar refractivity (Wildman–Crippen MR) is 86.0 cm³/mol. The minimum atomic E-state index is 0. The Morgan fingerprint density at radius 1 is 0.682 bits per heavy atom. The Kier molecular flexibility index (Phi) is 6.35. The summed E-state index contributed by atoms with van der Waals surface area (Å²) in [5.74, 6) is 0. The lowest BCUT2D eigenvalue weighted by Crippen LogP contribution is -3.00. The van der Waals surface area contributed by atoms with E-state index in [-0.39, 0.29) is 17.0 Å². The smallest absolute Gasteiger partial charge is 0.183 e. The summed E-state index contributed by atoms with van der Waals surface area (Å²) in [6, 6.07) is 28.1. The highest BCUT2D eigenvalue weighted by molar-refractivity contribution is 5.19. The molecular weight excluding hydrogens is 334 g/mol. The molecular formula is C20H20BrN. The van der Waals surface area contributed by atoms with Crippen LogP contribution in [0.15, 0.2) is 91.3 Å². The molecule has 1 atom stereocenters. The number of rotatable bonds is 5. The molecule has 0 saturated carbocycles. The quantitative estimate of drug-likeness (QED) is 0.607. The fourth-order valence-electron chi connectivity index (χ4n) is 2.73. The molecule has 2 heteroatoms. The van der Waals surface area contributed by atoms with E-state index in [0.29, 0.717) is 6.04 Å². The van der Waals surface area contributed by atoms with Gasteiger partial charge in [-0.2, -0.15) is 4.57 Å². The third kappa shape index (κ3) is 4.28. The Labute approximate surface area is 143 Å². The van der Waals surface area contributed by atoms with Crippen LogP contribution in [0.3, 0.4) is 0 Å². The summed E-state index contributed by atoms with van der Waals surface area (Å²) in [6.45, 7) is 0. The van der Waals surface area contributed by atoms with Gasteiger partial charge >= 0.3 is 0 Å². The average molecular weight is 354 g/mol. The van der Waals surface area contributed by atoms with Crippen LogP contribution in [-0.2, 0) is 6.42 Å². The highest BCUT2D eigenvalue weighted by atomic mass is 79.9. The van der Waals surface area contributed by atoms with Crippen molar-refractivity contribution in [2.24, 2.45) is 0 Å². The summed E-state index contributed by atoms with van der Waals surface area (Å²) >= 11 is 0. The molecule has 1 nitrogen and oxygen atoms in total. The molecule has 3 rings (SSSR count). The maximum atomic E-state index is 2.30. The number of aryl methyl sites for hydroxylation is 1. The van der Waals surface area contributed by atoms with Crippen molar-refractivity contribution in [3.63, 3.8) is 0 Å². The second-order valence-electron chi connectivity index (χ2n) is 5.27. The molecule has 0 amide bonds. The summed E-state index contributed by atoms with van der Waals surface area (Å²) < 4.78 is 2.30. The lowest BCUT2D eigenvalue weighted by atomic mass is 9.98. The van der Waals surface area contributed by atoms with Crippen LogP contribution in [0.4, 0.5) is 0 Å². The Morgan fingerprint density at radius 2 is 1.23 bits per heavy atom. The van der Waals surface area contributed by atoms with Gasteiger partial charge in [0.1, 0.15) is 0 Å². The summed E-state index contributed by atoms with van der Waals surface area (Å²) in [5.41, 5.74) is 2.76. The molecule has 0 aliphatic carbocycles. The Hall–Kier alpha value is -1.93. The first kappa shape index (κ1) is 16.4. The minimum Gasteiger partial charge on any atom is -1.00 e. The summed E-state index contributed by atoms with van der Waals surface area (Å²) in [7, 11) is 0. The molecule has 1 heterocycles. The summed E-state index contributed by atoms with van der Waals surface area (Å²) in [6.07, 6.45) is 6.50. The van der Waals surface area contributed by atoms with Gasteiger partial charge in [-0.15, -0.1) is 0 Å². The van der Waals surface area contributed by atoms with Crippen molar-refractivity contribution in [2.45, 2.75) is 18.9 Å². The third-order valence-corrected chi connectivity index (χ3v) is 3.83. The van der Waals surface area contributed by atoms with Crippen molar-refractivity contribution < 1.29 is 21.5 Å². The van der Waals surface area contributed by atoms with Crippen LogP contribution in [-0.4, -0.2) is 0 Å². The number of nitrogens with zero attached hydrogens (tertiary/aromatic N) is 1. The van der Waals surface area contributed by atoms with Crippen molar-refractivity contribution in [3.05, 3.63) is 102 Å². The molecule has 0 bridgehead atoms. The van der Waals surface area contributed by atoms with E-state index < -0.39 is 0 Å². The van der Waals surface area contributed by atoms with Gasteiger partial charge in [0.25, 0.3) is 0 Å². The zero-order valence-corrected chi connectivity index (χ0v) is 14.1. The normalized spacial score (nSPS) is 11.5. The van der Waals surface area contributed by atoms with E-state index in [9.17, 15) is 0 Å². The average Bonchev–Trinajstić information content (AvgIpc) is 2.58. The van der Waals surface area contributed by atoms with Crippen LogP contribution in [0.25, 0.3) is 0 Å². The van der Waals surface area contributed by atoms with E-state index in [2.05, 4.69) is 95.8 Å². The van der Waals surface area contributed by atoms with Crippen LogP contribution in [0.1, 0.15) is 23.6 Å². The van der Waals surface area contributed by atoms with Crippen LogP contribution in [0, 0.1) is 0 Å². The van der Waals surface area contributed by atoms with Crippen molar-refractivity contribution >= 4 is 0 Å². The van der Waals surface area contributed by atoms with Crippen molar-refractivity contribution in [2.75, 3.05) is 0 Å². The molecule has 0 saturated heterocycles. The Bertz CT molecular complexity index is 614. The number of benzene rings is 2. The SMILES string of the molecule is [Br-].c1ccc(CCC(c2ccccc2)[n+]2ccccc2)cc1. The highest BCUT2D eigenvalue weighted by Crippen LogP contribution is 2.18. The third-order valence-electron chi connectivity index (χ3n) is 3.83. The van der Waals surface area contributed by atoms with Gasteiger partial charge in [-0.1, -0.05) is 66.7 Å². The zero-order valence-electron chi connectivity index (χ0n) is 12.5. The van der Waals surface area contributed by atoms with E-state index in [1.807, 2.05) is 0 Å². The van der Waals surface area contributed by atoms with Gasteiger partial charge in [0.05, 0.1) is 0 Å². The van der Waals surface area contributed by atoms with Gasteiger partial charge in [-0.25, -0.2) is 0 Å². The Balaban J connectivity index is 0.00000176. The maximum absolute atomic E-state index is 2.30. The number of pyridine rings is 1. The van der Waals surface area contributed by atoms with E-state index >= 15 is 0 Å². The fraction of sp³-hybridized carbons (Fsp3) is 0.150. The molecule has 0 spiro atoms. The monoisotopic (exact) mass is 353 g/mol. The summed E-state index contributed by atoms with van der Waals surface area (Å²) in [4.78, 5) is 0. The second-order valence-corrected chi connectivity index (χ2v) is 5.27. The molecule has 22 heavy (non-hydrogen) atoms. The molecule has 0 N–H and O–H groups in total. The molecule has 0 fully saturated rings. The number of hydrogen-bond acceptors (Lipinski definition) is 0. The molecule has 112 valence electrons. The van der Waals surface area contributed by atoms with Crippen molar-refractivity contribution in [3.8, 4) is 0 Å². The molecule has 3 aromatic rings. The molecule has 1 unspecified atom stereocenters. The second kappa shape index (κ2) is 8.50. The topological polar surface area (TPSA) is 3.88 Å². The fourth-order valence-corrected chi connectivity index (χ4v) is 2.73. The van der Waals surface area contributed by atoms with Gasteiger partial charge in [0.15, 0.2) is 18.4 Å². The van der Waals surface area contributed by atoms with Gasteiger partial charge in [0, 0.05) is 24.1 Å². The van der Waals surface area contributed by atoms with Gasteiger partial charge in [0.2, 0.25) is 0 Å². The first-order valence-electron chi connectivity index (χ1n) is 7.48. The maximum Gasteiger partial charge on any atom is 0.183 e. The summed E-state index contributed by atoms with van der Waals surface area (Å²) in [5, 5.41) is 0. The minimum absolute atomic E-state index is 0. The van der Waals surface area contributed by atoms with E-state index in [1.54, 1.807) is 0 Å². The van der Waals surface area contributed by atoms with Crippen molar-refractivity contribution in [1.82, 2.24) is 0 Å². The van der Waals surface area contributed by atoms with E-state index in [0.717, 1.165) is 12.8 Å². The van der Waals surface area contributed by atoms with Crippen LogP contribution in [0.2, 0.25) is 0 Å². The molecule has 0 aliphatic heterocycles. The largest absolute Gasteiger partial charge is 1.00 e. The Morgan fingerprint density at radius 3 is 1.86 bits per heavy atom. The van der Waals surface area contributed by atoms with Crippen LogP contribution in [0.5, 0.6) is 0 Å². The molecule has 2 aromatic carbocycles. The van der Waals surface area contributed by atoms with Gasteiger partial charge < -0.3 is 17.0 Å².